The highest BCUT2D eigenvalue weighted by atomic mass is 35.5. The first kappa shape index (κ1) is 20.7. The Morgan fingerprint density at radius 3 is 2.23 bits per heavy atom. The second-order valence-corrected chi connectivity index (χ2v) is 8.20. The molecule has 140 valence electrons. The van der Waals surface area contributed by atoms with Crippen LogP contribution < -0.4 is 10.0 Å². The Hall–Kier alpha value is -1.64. The third-order valence-corrected chi connectivity index (χ3v) is 5.36. The number of hydrogen-bond acceptors (Lipinski definition) is 4. The monoisotopic (exact) mass is 416 g/mol. The zero-order valence-electron chi connectivity index (χ0n) is 14.1. The van der Waals surface area contributed by atoms with E-state index < -0.39 is 15.9 Å². The zero-order chi connectivity index (χ0) is 19.3. The molecule has 1 amide bonds. The van der Waals surface area contributed by atoms with Gasteiger partial charge in [-0.15, -0.1) is 0 Å². The third-order valence-electron chi connectivity index (χ3n) is 3.32. The van der Waals surface area contributed by atoms with Crippen molar-refractivity contribution in [3.8, 4) is 0 Å². The molecule has 0 saturated carbocycles. The molecule has 2 rings (SSSR count). The summed E-state index contributed by atoms with van der Waals surface area (Å²) in [4.78, 5) is 12.3. The van der Waals surface area contributed by atoms with E-state index in [0.717, 1.165) is 0 Å². The average molecular weight is 417 g/mol. The van der Waals surface area contributed by atoms with E-state index in [9.17, 15) is 13.2 Å². The number of halogens is 2. The van der Waals surface area contributed by atoms with E-state index >= 15 is 0 Å². The lowest BCUT2D eigenvalue weighted by atomic mass is 10.2. The maximum Gasteiger partial charge on any atom is 0.255 e. The number of anilines is 1. The molecule has 0 heterocycles. The van der Waals surface area contributed by atoms with Crippen LogP contribution in [0.15, 0.2) is 47.4 Å². The minimum absolute atomic E-state index is 0.0873. The van der Waals surface area contributed by atoms with Crippen LogP contribution >= 0.6 is 23.2 Å². The third kappa shape index (κ3) is 5.69. The van der Waals surface area contributed by atoms with Crippen molar-refractivity contribution in [2.75, 3.05) is 19.0 Å². The van der Waals surface area contributed by atoms with Gasteiger partial charge in [0.15, 0.2) is 0 Å². The standard InChI is InChI=1S/C17H18Cl2N2O4S/c1-11(10-25-2)21-26(23,24)16-5-3-15(4-6-16)20-17(22)12-7-13(18)9-14(19)8-12/h3-9,11,21H,10H2,1-2H3,(H,20,22). The predicted molar refractivity (Wildman–Crippen MR) is 103 cm³/mol. The summed E-state index contributed by atoms with van der Waals surface area (Å²) in [6, 6.07) is 9.95. The van der Waals surface area contributed by atoms with Crippen molar-refractivity contribution in [1.82, 2.24) is 4.72 Å². The SMILES string of the molecule is COCC(C)NS(=O)(=O)c1ccc(NC(=O)c2cc(Cl)cc(Cl)c2)cc1. The molecule has 2 aromatic rings. The summed E-state index contributed by atoms with van der Waals surface area (Å²) < 4.78 is 31.9. The van der Waals surface area contributed by atoms with Gasteiger partial charge in [0, 0.05) is 34.4 Å². The van der Waals surface area contributed by atoms with E-state index in [0.29, 0.717) is 21.3 Å². The molecule has 6 nitrogen and oxygen atoms in total. The molecule has 9 heteroatoms. The first-order chi connectivity index (χ1) is 12.2. The fraction of sp³-hybridized carbons (Fsp3) is 0.235. The van der Waals surface area contributed by atoms with Gasteiger partial charge in [0.05, 0.1) is 11.5 Å². The van der Waals surface area contributed by atoms with Gasteiger partial charge in [-0.25, -0.2) is 13.1 Å². The maximum absolute atomic E-state index is 12.3. The molecule has 1 atom stereocenters. The Balaban J connectivity index is 2.10. The lowest BCUT2D eigenvalue weighted by Crippen LogP contribution is -2.35. The van der Waals surface area contributed by atoms with Crippen molar-refractivity contribution in [3.05, 3.63) is 58.1 Å². The normalized spacial score (nSPS) is 12.6. The van der Waals surface area contributed by atoms with Crippen LogP contribution in [0, 0.1) is 0 Å². The number of sulfonamides is 1. The molecule has 0 aliphatic carbocycles. The Labute approximate surface area is 162 Å². The molecular weight excluding hydrogens is 399 g/mol. The molecule has 0 aromatic heterocycles. The number of rotatable bonds is 7. The zero-order valence-corrected chi connectivity index (χ0v) is 16.5. The van der Waals surface area contributed by atoms with Crippen LogP contribution in [0.25, 0.3) is 0 Å². The molecule has 0 fully saturated rings. The van der Waals surface area contributed by atoms with Crippen LogP contribution in [0.3, 0.4) is 0 Å². The largest absolute Gasteiger partial charge is 0.383 e. The molecule has 0 radical (unpaired) electrons. The van der Waals surface area contributed by atoms with Crippen molar-refractivity contribution in [2.24, 2.45) is 0 Å². The van der Waals surface area contributed by atoms with E-state index in [-0.39, 0.29) is 17.5 Å². The number of benzene rings is 2. The fourth-order valence-electron chi connectivity index (χ4n) is 2.22. The number of nitrogens with one attached hydrogen (secondary N) is 2. The quantitative estimate of drug-likeness (QED) is 0.722. The lowest BCUT2D eigenvalue weighted by Gasteiger charge is -2.13. The van der Waals surface area contributed by atoms with Gasteiger partial charge in [-0.05, 0) is 49.4 Å². The van der Waals surface area contributed by atoms with E-state index in [1.54, 1.807) is 6.92 Å². The van der Waals surface area contributed by atoms with Crippen LogP contribution in [0.2, 0.25) is 10.0 Å². The molecule has 0 aliphatic heterocycles. The molecule has 1 unspecified atom stereocenters. The van der Waals surface area contributed by atoms with Gasteiger partial charge in [-0.1, -0.05) is 23.2 Å². The summed E-state index contributed by atoms with van der Waals surface area (Å²) in [6.45, 7) is 1.96. The van der Waals surface area contributed by atoms with Gasteiger partial charge >= 0.3 is 0 Å². The number of ether oxygens (including phenoxy) is 1. The Bertz CT molecular complexity index is 866. The van der Waals surface area contributed by atoms with Gasteiger partial charge < -0.3 is 10.1 Å². The van der Waals surface area contributed by atoms with Crippen molar-refractivity contribution in [3.63, 3.8) is 0 Å². The Morgan fingerprint density at radius 1 is 1.12 bits per heavy atom. The summed E-state index contributed by atoms with van der Waals surface area (Å²) in [5.74, 6) is -0.406. The van der Waals surface area contributed by atoms with Crippen molar-refractivity contribution in [1.29, 1.82) is 0 Å². The molecular formula is C17H18Cl2N2O4S. The fourth-order valence-corrected chi connectivity index (χ4v) is 3.98. The summed E-state index contributed by atoms with van der Waals surface area (Å²) in [7, 11) is -2.17. The van der Waals surface area contributed by atoms with E-state index in [4.69, 9.17) is 27.9 Å². The highest BCUT2D eigenvalue weighted by Crippen LogP contribution is 2.21. The molecule has 0 aliphatic rings. The van der Waals surface area contributed by atoms with Crippen LogP contribution in [-0.4, -0.2) is 34.1 Å². The first-order valence-corrected chi connectivity index (χ1v) is 9.84. The van der Waals surface area contributed by atoms with Crippen molar-refractivity contribution in [2.45, 2.75) is 17.9 Å². The summed E-state index contributed by atoms with van der Waals surface area (Å²) >= 11 is 11.8. The average Bonchev–Trinajstić information content (AvgIpc) is 2.54. The van der Waals surface area contributed by atoms with Gasteiger partial charge in [0.1, 0.15) is 0 Å². The van der Waals surface area contributed by atoms with Crippen LogP contribution in [-0.2, 0) is 14.8 Å². The van der Waals surface area contributed by atoms with Gasteiger partial charge in [0.25, 0.3) is 5.91 Å². The molecule has 2 aromatic carbocycles. The highest BCUT2D eigenvalue weighted by Gasteiger charge is 2.17. The molecule has 0 saturated heterocycles. The maximum atomic E-state index is 12.3. The van der Waals surface area contributed by atoms with E-state index in [1.165, 1.54) is 49.6 Å². The Kier molecular flexibility index (Phi) is 7.02. The number of methoxy groups -OCH3 is 1. The second kappa shape index (κ2) is 8.83. The van der Waals surface area contributed by atoms with Gasteiger partial charge in [-0.3, -0.25) is 4.79 Å². The second-order valence-electron chi connectivity index (χ2n) is 5.61. The summed E-state index contributed by atoms with van der Waals surface area (Å²) in [6.07, 6.45) is 0. The summed E-state index contributed by atoms with van der Waals surface area (Å²) in [5, 5.41) is 3.36. The van der Waals surface area contributed by atoms with Gasteiger partial charge in [0.2, 0.25) is 10.0 Å². The predicted octanol–water partition coefficient (Wildman–Crippen LogP) is 3.56. The molecule has 2 N–H and O–H groups in total. The summed E-state index contributed by atoms with van der Waals surface area (Å²) in [5.41, 5.74) is 0.740. The smallest absolute Gasteiger partial charge is 0.255 e. The number of hydrogen-bond donors (Lipinski definition) is 2. The molecule has 26 heavy (non-hydrogen) atoms. The van der Waals surface area contributed by atoms with Crippen molar-refractivity contribution >= 4 is 44.8 Å². The number of carbonyl (C=O) groups excluding carboxylic acids is 1. The first-order valence-electron chi connectivity index (χ1n) is 7.60. The Morgan fingerprint density at radius 2 is 1.69 bits per heavy atom. The highest BCUT2D eigenvalue weighted by molar-refractivity contribution is 7.89. The van der Waals surface area contributed by atoms with E-state index in [2.05, 4.69) is 10.0 Å². The minimum atomic E-state index is -3.67. The minimum Gasteiger partial charge on any atom is -0.383 e. The van der Waals surface area contributed by atoms with Crippen LogP contribution in [0.1, 0.15) is 17.3 Å². The van der Waals surface area contributed by atoms with Gasteiger partial charge in [-0.2, -0.15) is 0 Å². The molecule has 0 bridgehead atoms. The topological polar surface area (TPSA) is 84.5 Å². The van der Waals surface area contributed by atoms with E-state index in [1.807, 2.05) is 0 Å². The number of carbonyl (C=O) groups is 1. The lowest BCUT2D eigenvalue weighted by molar-refractivity contribution is 0.102. The van der Waals surface area contributed by atoms with Crippen LogP contribution in [0.5, 0.6) is 0 Å². The van der Waals surface area contributed by atoms with Crippen molar-refractivity contribution < 1.29 is 17.9 Å². The number of amides is 1. The van der Waals surface area contributed by atoms with Crippen LogP contribution in [0.4, 0.5) is 5.69 Å². The molecule has 0 spiro atoms.